The van der Waals surface area contributed by atoms with Gasteiger partial charge in [-0.15, -0.1) is 0 Å². The molecule has 0 spiro atoms. The number of hydrogen-bond acceptors (Lipinski definition) is 2. The second-order valence-corrected chi connectivity index (χ2v) is 4.21. The third kappa shape index (κ3) is 3.39. The molecule has 2 heteroatoms. The Kier molecular flexibility index (Phi) is 3.79. The van der Waals surface area contributed by atoms with Crippen LogP contribution in [0.2, 0.25) is 0 Å². The molecule has 0 aromatic heterocycles. The zero-order chi connectivity index (χ0) is 9.84. The molecule has 0 radical (unpaired) electrons. The van der Waals surface area contributed by atoms with E-state index in [9.17, 15) is 0 Å². The normalized spacial score (nSPS) is 28.3. The SMILES string of the molecule is CC(C)=C(C)OC1CCC(N)CC1. The lowest BCUT2D eigenvalue weighted by molar-refractivity contribution is 0.0769. The summed E-state index contributed by atoms with van der Waals surface area (Å²) < 4.78 is 5.83. The van der Waals surface area contributed by atoms with Crippen molar-refractivity contribution in [3.05, 3.63) is 11.3 Å². The van der Waals surface area contributed by atoms with Gasteiger partial charge in [0.2, 0.25) is 0 Å². The quantitative estimate of drug-likeness (QED) is 0.668. The molecule has 0 bridgehead atoms. The maximum Gasteiger partial charge on any atom is 0.0983 e. The summed E-state index contributed by atoms with van der Waals surface area (Å²) in [7, 11) is 0. The number of rotatable bonds is 2. The number of hydrogen-bond donors (Lipinski definition) is 1. The van der Waals surface area contributed by atoms with Gasteiger partial charge in [0.15, 0.2) is 0 Å². The van der Waals surface area contributed by atoms with Crippen molar-refractivity contribution in [1.82, 2.24) is 0 Å². The average molecular weight is 183 g/mol. The van der Waals surface area contributed by atoms with E-state index in [1.54, 1.807) is 0 Å². The molecule has 0 aromatic rings. The van der Waals surface area contributed by atoms with Crippen molar-refractivity contribution in [2.24, 2.45) is 5.73 Å². The van der Waals surface area contributed by atoms with Gasteiger partial charge < -0.3 is 10.5 Å². The average Bonchev–Trinajstić information content (AvgIpc) is 2.08. The van der Waals surface area contributed by atoms with Crippen LogP contribution in [-0.4, -0.2) is 12.1 Å². The first-order valence-electron chi connectivity index (χ1n) is 5.16. The summed E-state index contributed by atoms with van der Waals surface area (Å²) in [4.78, 5) is 0. The summed E-state index contributed by atoms with van der Waals surface area (Å²) in [6.07, 6.45) is 4.87. The minimum Gasteiger partial charge on any atom is -0.495 e. The van der Waals surface area contributed by atoms with Crippen LogP contribution in [0.15, 0.2) is 11.3 Å². The van der Waals surface area contributed by atoms with Crippen molar-refractivity contribution in [1.29, 1.82) is 0 Å². The van der Waals surface area contributed by atoms with Gasteiger partial charge in [0.25, 0.3) is 0 Å². The van der Waals surface area contributed by atoms with E-state index < -0.39 is 0 Å². The first kappa shape index (κ1) is 10.6. The van der Waals surface area contributed by atoms with E-state index in [1.165, 1.54) is 5.57 Å². The van der Waals surface area contributed by atoms with E-state index in [4.69, 9.17) is 10.5 Å². The molecule has 0 heterocycles. The molecule has 1 aliphatic carbocycles. The Bertz CT molecular complexity index is 186. The van der Waals surface area contributed by atoms with Crippen molar-refractivity contribution < 1.29 is 4.74 Å². The van der Waals surface area contributed by atoms with Crippen molar-refractivity contribution in [2.75, 3.05) is 0 Å². The van der Waals surface area contributed by atoms with Crippen LogP contribution in [0, 0.1) is 0 Å². The fourth-order valence-electron chi connectivity index (χ4n) is 1.57. The molecule has 1 aliphatic rings. The monoisotopic (exact) mass is 183 g/mol. The van der Waals surface area contributed by atoms with Crippen molar-refractivity contribution >= 4 is 0 Å². The molecule has 0 atom stereocenters. The Morgan fingerprint density at radius 2 is 1.62 bits per heavy atom. The molecule has 0 amide bonds. The van der Waals surface area contributed by atoms with E-state index >= 15 is 0 Å². The summed E-state index contributed by atoms with van der Waals surface area (Å²) in [5.41, 5.74) is 7.09. The second-order valence-electron chi connectivity index (χ2n) is 4.21. The van der Waals surface area contributed by atoms with Gasteiger partial charge >= 0.3 is 0 Å². The molecule has 0 aromatic carbocycles. The predicted octanol–water partition coefficient (Wildman–Crippen LogP) is 2.59. The Labute approximate surface area is 81.1 Å². The topological polar surface area (TPSA) is 35.2 Å². The molecule has 1 fully saturated rings. The van der Waals surface area contributed by atoms with Gasteiger partial charge in [0.1, 0.15) is 0 Å². The first-order chi connectivity index (χ1) is 6.09. The van der Waals surface area contributed by atoms with Crippen molar-refractivity contribution in [3.8, 4) is 0 Å². The van der Waals surface area contributed by atoms with Crippen LogP contribution in [0.5, 0.6) is 0 Å². The lowest BCUT2D eigenvalue weighted by Crippen LogP contribution is -2.30. The molecule has 2 N–H and O–H groups in total. The van der Waals surface area contributed by atoms with Crippen LogP contribution in [0.1, 0.15) is 46.5 Å². The highest BCUT2D eigenvalue weighted by Crippen LogP contribution is 2.22. The number of ether oxygens (including phenoxy) is 1. The standard InChI is InChI=1S/C11H21NO/c1-8(2)9(3)13-11-6-4-10(12)5-7-11/h10-11H,4-7,12H2,1-3H3. The van der Waals surface area contributed by atoms with Crippen LogP contribution < -0.4 is 5.73 Å². The van der Waals surface area contributed by atoms with Gasteiger partial charge in [-0.1, -0.05) is 0 Å². The lowest BCUT2D eigenvalue weighted by Gasteiger charge is -2.27. The van der Waals surface area contributed by atoms with Crippen LogP contribution in [0.25, 0.3) is 0 Å². The Morgan fingerprint density at radius 3 is 2.08 bits per heavy atom. The molecule has 13 heavy (non-hydrogen) atoms. The van der Waals surface area contributed by atoms with E-state index in [0.29, 0.717) is 12.1 Å². The molecule has 1 saturated carbocycles. The van der Waals surface area contributed by atoms with E-state index in [0.717, 1.165) is 31.4 Å². The maximum atomic E-state index is 5.83. The molecule has 0 saturated heterocycles. The highest BCUT2D eigenvalue weighted by atomic mass is 16.5. The molecular weight excluding hydrogens is 162 g/mol. The van der Waals surface area contributed by atoms with Gasteiger partial charge in [0.05, 0.1) is 11.9 Å². The molecule has 0 aliphatic heterocycles. The van der Waals surface area contributed by atoms with Crippen LogP contribution in [0.4, 0.5) is 0 Å². The minimum atomic E-state index is 0.409. The van der Waals surface area contributed by atoms with Crippen molar-refractivity contribution in [3.63, 3.8) is 0 Å². The highest BCUT2D eigenvalue weighted by Gasteiger charge is 2.19. The molecule has 2 nitrogen and oxygen atoms in total. The van der Waals surface area contributed by atoms with Gasteiger partial charge in [-0.2, -0.15) is 0 Å². The van der Waals surface area contributed by atoms with Crippen LogP contribution >= 0.6 is 0 Å². The van der Waals surface area contributed by atoms with Crippen LogP contribution in [-0.2, 0) is 4.74 Å². The van der Waals surface area contributed by atoms with E-state index in [1.807, 2.05) is 6.92 Å². The highest BCUT2D eigenvalue weighted by molar-refractivity contribution is 4.99. The first-order valence-corrected chi connectivity index (χ1v) is 5.16. The molecule has 0 unspecified atom stereocenters. The zero-order valence-electron chi connectivity index (χ0n) is 8.97. The molecular formula is C11H21NO. The second kappa shape index (κ2) is 4.66. The summed E-state index contributed by atoms with van der Waals surface area (Å²) in [6.45, 7) is 6.22. The summed E-state index contributed by atoms with van der Waals surface area (Å²) in [5, 5.41) is 0. The number of nitrogens with two attached hydrogens (primary N) is 1. The molecule has 1 rings (SSSR count). The maximum absolute atomic E-state index is 5.83. The number of allylic oxidation sites excluding steroid dienone is 2. The largest absolute Gasteiger partial charge is 0.495 e. The summed E-state index contributed by atoms with van der Waals surface area (Å²) >= 11 is 0. The van der Waals surface area contributed by atoms with Crippen LogP contribution in [0.3, 0.4) is 0 Å². The van der Waals surface area contributed by atoms with E-state index in [2.05, 4.69) is 13.8 Å². The fraction of sp³-hybridized carbons (Fsp3) is 0.818. The van der Waals surface area contributed by atoms with E-state index in [-0.39, 0.29) is 0 Å². The summed E-state index contributed by atoms with van der Waals surface area (Å²) in [5.74, 6) is 1.08. The third-order valence-electron chi connectivity index (χ3n) is 2.77. The predicted molar refractivity (Wildman–Crippen MR) is 55.4 cm³/mol. The van der Waals surface area contributed by atoms with Gasteiger partial charge in [-0.25, -0.2) is 0 Å². The summed E-state index contributed by atoms with van der Waals surface area (Å²) in [6, 6.07) is 0.409. The van der Waals surface area contributed by atoms with Gasteiger partial charge in [0, 0.05) is 6.04 Å². The Balaban J connectivity index is 2.35. The Hall–Kier alpha value is -0.500. The molecule has 76 valence electrons. The minimum absolute atomic E-state index is 0.409. The fourth-order valence-corrected chi connectivity index (χ4v) is 1.57. The Morgan fingerprint density at radius 1 is 1.08 bits per heavy atom. The third-order valence-corrected chi connectivity index (χ3v) is 2.77. The van der Waals surface area contributed by atoms with Gasteiger partial charge in [-0.05, 0) is 52.0 Å². The lowest BCUT2D eigenvalue weighted by atomic mass is 9.94. The smallest absolute Gasteiger partial charge is 0.0983 e. The zero-order valence-corrected chi connectivity index (χ0v) is 8.97. The van der Waals surface area contributed by atoms with Crippen molar-refractivity contribution in [2.45, 2.75) is 58.6 Å². The van der Waals surface area contributed by atoms with Gasteiger partial charge in [-0.3, -0.25) is 0 Å².